The summed E-state index contributed by atoms with van der Waals surface area (Å²) in [5, 5.41) is 16.2. The molecule has 1 N–H and O–H groups in total. The van der Waals surface area contributed by atoms with Crippen LogP contribution in [0, 0.1) is 17.0 Å². The molecule has 0 aliphatic rings. The predicted octanol–water partition coefficient (Wildman–Crippen LogP) is 6.10. The van der Waals surface area contributed by atoms with Crippen LogP contribution in [0.15, 0.2) is 47.8 Å². The van der Waals surface area contributed by atoms with Crippen LogP contribution in [0.5, 0.6) is 5.75 Å². The fourth-order valence-electron chi connectivity index (χ4n) is 2.41. The van der Waals surface area contributed by atoms with Crippen molar-refractivity contribution in [3.8, 4) is 5.75 Å². The van der Waals surface area contributed by atoms with Crippen molar-refractivity contribution < 1.29 is 14.5 Å². The van der Waals surface area contributed by atoms with Gasteiger partial charge in [0.15, 0.2) is 0 Å². The van der Waals surface area contributed by atoms with Gasteiger partial charge in [0.05, 0.1) is 20.5 Å². The van der Waals surface area contributed by atoms with Gasteiger partial charge in [-0.1, -0.05) is 23.2 Å². The lowest BCUT2D eigenvalue weighted by Crippen LogP contribution is -2.10. The molecule has 0 aliphatic heterocycles. The number of amides is 1. The van der Waals surface area contributed by atoms with Crippen LogP contribution < -0.4 is 10.1 Å². The van der Waals surface area contributed by atoms with Gasteiger partial charge >= 0.3 is 0 Å². The number of hydrogen-bond acceptors (Lipinski definition) is 5. The lowest BCUT2D eigenvalue weighted by Gasteiger charge is -2.08. The second-order valence-electron chi connectivity index (χ2n) is 5.89. The molecule has 6 nitrogen and oxygen atoms in total. The van der Waals surface area contributed by atoms with Crippen molar-refractivity contribution in [2.45, 2.75) is 13.5 Å². The van der Waals surface area contributed by atoms with E-state index in [1.165, 1.54) is 29.5 Å². The van der Waals surface area contributed by atoms with Gasteiger partial charge in [0.1, 0.15) is 12.4 Å². The van der Waals surface area contributed by atoms with Gasteiger partial charge in [0, 0.05) is 22.7 Å². The average molecular weight is 437 g/mol. The number of rotatable bonds is 6. The van der Waals surface area contributed by atoms with E-state index in [0.29, 0.717) is 22.3 Å². The minimum Gasteiger partial charge on any atom is -0.489 e. The Labute approximate surface area is 174 Å². The first-order valence-electron chi connectivity index (χ1n) is 8.05. The number of nitro groups is 1. The number of benzene rings is 2. The van der Waals surface area contributed by atoms with Crippen molar-refractivity contribution in [1.29, 1.82) is 0 Å². The lowest BCUT2D eigenvalue weighted by atomic mass is 10.2. The molecular formula is C19H14Cl2N2O4S. The van der Waals surface area contributed by atoms with Crippen molar-refractivity contribution in [1.82, 2.24) is 0 Å². The zero-order valence-electron chi connectivity index (χ0n) is 14.6. The third kappa shape index (κ3) is 4.81. The van der Waals surface area contributed by atoms with Gasteiger partial charge in [-0.3, -0.25) is 14.9 Å². The number of nitrogens with one attached hydrogen (secondary N) is 1. The molecule has 0 bridgehead atoms. The second-order valence-corrected chi connectivity index (χ2v) is 7.65. The number of hydrogen-bond donors (Lipinski definition) is 1. The van der Waals surface area contributed by atoms with Gasteiger partial charge in [-0.15, -0.1) is 11.3 Å². The number of anilines is 1. The first kappa shape index (κ1) is 20.1. The molecule has 1 amide bonds. The lowest BCUT2D eigenvalue weighted by molar-refractivity contribution is -0.384. The molecule has 0 radical (unpaired) electrons. The fourth-order valence-corrected chi connectivity index (χ4v) is 3.60. The molecule has 3 aromatic rings. The smallest absolute Gasteiger partial charge is 0.271 e. The van der Waals surface area contributed by atoms with Crippen molar-refractivity contribution in [2.24, 2.45) is 0 Å². The molecule has 0 fully saturated rings. The van der Waals surface area contributed by atoms with E-state index in [9.17, 15) is 14.9 Å². The number of nitrogens with zero attached hydrogens (tertiary/aromatic N) is 1. The molecule has 0 atom stereocenters. The second kappa shape index (κ2) is 8.60. The van der Waals surface area contributed by atoms with E-state index in [1.54, 1.807) is 18.2 Å². The molecule has 0 saturated heterocycles. The third-order valence-electron chi connectivity index (χ3n) is 3.82. The van der Waals surface area contributed by atoms with E-state index in [2.05, 4.69) is 5.32 Å². The van der Waals surface area contributed by atoms with Gasteiger partial charge in [-0.2, -0.15) is 0 Å². The monoisotopic (exact) mass is 436 g/mol. The Morgan fingerprint density at radius 2 is 2.00 bits per heavy atom. The molecule has 0 unspecified atom stereocenters. The van der Waals surface area contributed by atoms with Crippen LogP contribution in [-0.2, 0) is 6.61 Å². The maximum atomic E-state index is 12.4. The number of halogens is 2. The van der Waals surface area contributed by atoms with E-state index >= 15 is 0 Å². The van der Waals surface area contributed by atoms with Crippen LogP contribution in [0.2, 0.25) is 10.0 Å². The maximum absolute atomic E-state index is 12.4. The largest absolute Gasteiger partial charge is 0.489 e. The van der Waals surface area contributed by atoms with E-state index in [1.807, 2.05) is 18.4 Å². The first-order valence-corrected chi connectivity index (χ1v) is 9.68. The van der Waals surface area contributed by atoms with Gasteiger partial charge in [-0.05, 0) is 48.2 Å². The molecule has 0 saturated carbocycles. The summed E-state index contributed by atoms with van der Waals surface area (Å²) >= 11 is 13.2. The molecule has 0 aliphatic carbocycles. The van der Waals surface area contributed by atoms with Crippen LogP contribution >= 0.6 is 34.5 Å². The van der Waals surface area contributed by atoms with Gasteiger partial charge in [-0.25, -0.2) is 0 Å². The summed E-state index contributed by atoms with van der Waals surface area (Å²) in [4.78, 5) is 23.2. The van der Waals surface area contributed by atoms with Crippen molar-refractivity contribution in [3.05, 3.63) is 84.0 Å². The Bertz CT molecular complexity index is 1050. The zero-order valence-corrected chi connectivity index (χ0v) is 16.9. The summed E-state index contributed by atoms with van der Waals surface area (Å²) in [6, 6.07) is 10.9. The Morgan fingerprint density at radius 1 is 1.21 bits per heavy atom. The fraction of sp³-hybridized carbons (Fsp3) is 0.105. The maximum Gasteiger partial charge on any atom is 0.271 e. The Kier molecular flexibility index (Phi) is 6.18. The summed E-state index contributed by atoms with van der Waals surface area (Å²) in [7, 11) is 0. The third-order valence-corrected chi connectivity index (χ3v) is 5.36. The van der Waals surface area contributed by atoms with Crippen molar-refractivity contribution in [3.63, 3.8) is 0 Å². The minimum absolute atomic E-state index is 0.154. The van der Waals surface area contributed by atoms with Gasteiger partial charge in [0.2, 0.25) is 0 Å². The molecule has 9 heteroatoms. The molecular weight excluding hydrogens is 423 g/mol. The summed E-state index contributed by atoms with van der Waals surface area (Å²) in [6.45, 7) is 2.19. The Balaban J connectivity index is 1.67. The predicted molar refractivity (Wildman–Crippen MR) is 111 cm³/mol. The molecule has 144 valence electrons. The molecule has 2 aromatic carbocycles. The minimum atomic E-state index is -0.550. The number of nitro benzene ring substituents is 1. The standard InChI is InChI=1S/C19H14Cl2N2O4S/c1-11-6-13(20)2-5-17(11)27-9-12-7-18(28-10-12)19(24)22-16-8-14(23(25)26)3-4-15(16)21/h2-8,10H,9H2,1H3,(H,22,24). The summed E-state index contributed by atoms with van der Waals surface area (Å²) in [6.07, 6.45) is 0. The normalized spacial score (nSPS) is 10.5. The number of carbonyl (C=O) groups is 1. The number of aryl methyl sites for hydroxylation is 1. The average Bonchev–Trinajstić information content (AvgIpc) is 3.12. The highest BCUT2D eigenvalue weighted by Crippen LogP contribution is 2.28. The molecule has 1 heterocycles. The topological polar surface area (TPSA) is 81.5 Å². The van der Waals surface area contributed by atoms with E-state index < -0.39 is 10.8 Å². The molecule has 3 rings (SSSR count). The van der Waals surface area contributed by atoms with Crippen LogP contribution in [0.3, 0.4) is 0 Å². The summed E-state index contributed by atoms with van der Waals surface area (Å²) < 4.78 is 5.77. The summed E-state index contributed by atoms with van der Waals surface area (Å²) in [5.74, 6) is 0.311. The van der Waals surface area contributed by atoms with Crippen LogP contribution in [0.25, 0.3) is 0 Å². The molecule has 28 heavy (non-hydrogen) atoms. The van der Waals surface area contributed by atoms with Gasteiger partial charge in [0.25, 0.3) is 11.6 Å². The highest BCUT2D eigenvalue weighted by atomic mass is 35.5. The van der Waals surface area contributed by atoms with Gasteiger partial charge < -0.3 is 10.1 Å². The Morgan fingerprint density at radius 3 is 2.71 bits per heavy atom. The van der Waals surface area contributed by atoms with Crippen molar-refractivity contribution >= 4 is 51.8 Å². The summed E-state index contributed by atoms with van der Waals surface area (Å²) in [5.41, 5.74) is 1.78. The van der Waals surface area contributed by atoms with Crippen LogP contribution in [0.1, 0.15) is 20.8 Å². The van der Waals surface area contributed by atoms with Crippen LogP contribution in [-0.4, -0.2) is 10.8 Å². The highest BCUT2D eigenvalue weighted by molar-refractivity contribution is 7.12. The first-order chi connectivity index (χ1) is 13.3. The quantitative estimate of drug-likeness (QED) is 0.373. The van der Waals surface area contributed by atoms with Crippen LogP contribution in [0.4, 0.5) is 11.4 Å². The Hall–Kier alpha value is -2.61. The molecule has 0 spiro atoms. The number of thiophene rings is 1. The highest BCUT2D eigenvalue weighted by Gasteiger charge is 2.15. The van der Waals surface area contributed by atoms with E-state index in [0.717, 1.165) is 11.1 Å². The van der Waals surface area contributed by atoms with E-state index in [-0.39, 0.29) is 16.4 Å². The number of non-ortho nitro benzene ring substituents is 1. The number of carbonyl (C=O) groups excluding carboxylic acids is 1. The van der Waals surface area contributed by atoms with Crippen molar-refractivity contribution in [2.75, 3.05) is 5.32 Å². The SMILES string of the molecule is Cc1cc(Cl)ccc1OCc1csc(C(=O)Nc2cc([N+](=O)[O-])ccc2Cl)c1. The zero-order chi connectivity index (χ0) is 20.3. The number of ether oxygens (including phenoxy) is 1. The van der Waals surface area contributed by atoms with E-state index in [4.69, 9.17) is 27.9 Å². The molecule has 1 aromatic heterocycles.